The van der Waals surface area contributed by atoms with Crippen LogP contribution in [0.3, 0.4) is 0 Å². The number of amides is 1. The van der Waals surface area contributed by atoms with Crippen molar-refractivity contribution in [2.75, 3.05) is 26.4 Å². The first-order valence-electron chi connectivity index (χ1n) is 37.3. The van der Waals surface area contributed by atoms with Crippen molar-refractivity contribution >= 4 is 5.91 Å². The van der Waals surface area contributed by atoms with Gasteiger partial charge in [-0.3, -0.25) is 4.79 Å². The lowest BCUT2D eigenvalue weighted by molar-refractivity contribution is -0.379. The molecule has 3 fully saturated rings. The topological polar surface area (TPSA) is 307 Å². The summed E-state index contributed by atoms with van der Waals surface area (Å²) < 4.78 is 34.4. The number of aliphatic hydroxyl groups excluding tert-OH is 11. The molecule has 0 saturated carbocycles. The first kappa shape index (κ1) is 83.0. The summed E-state index contributed by atoms with van der Waals surface area (Å²) in [6.07, 6.45) is 32.0. The van der Waals surface area contributed by atoms with Gasteiger partial charge in [-0.15, -0.1) is 0 Å². The summed E-state index contributed by atoms with van der Waals surface area (Å²) in [7, 11) is 0. The largest absolute Gasteiger partial charge is 0.394 e. The molecule has 0 spiro atoms. The van der Waals surface area contributed by atoms with E-state index in [9.17, 15) is 61.0 Å². The second kappa shape index (κ2) is 53.9. The molecule has 12 N–H and O–H groups in total. The van der Waals surface area contributed by atoms with Crippen LogP contribution in [0.1, 0.15) is 316 Å². The molecular formula is C71H137NO18. The highest BCUT2D eigenvalue weighted by atomic mass is 16.8. The molecule has 3 saturated heterocycles. The van der Waals surface area contributed by atoms with Crippen LogP contribution in [0.25, 0.3) is 0 Å². The van der Waals surface area contributed by atoms with E-state index in [2.05, 4.69) is 19.2 Å². The van der Waals surface area contributed by atoms with Crippen molar-refractivity contribution in [1.82, 2.24) is 5.32 Å². The maximum absolute atomic E-state index is 13.4. The van der Waals surface area contributed by atoms with Gasteiger partial charge in [-0.1, -0.05) is 296 Å². The first-order valence-corrected chi connectivity index (χ1v) is 37.3. The summed E-state index contributed by atoms with van der Waals surface area (Å²) in [4.78, 5) is 13.4. The van der Waals surface area contributed by atoms with Crippen molar-refractivity contribution in [3.63, 3.8) is 0 Å². The number of nitrogens with one attached hydrogen (secondary N) is 1. The lowest BCUT2D eigenvalue weighted by Crippen LogP contribution is -2.66. The minimum atomic E-state index is -1.97. The van der Waals surface area contributed by atoms with Gasteiger partial charge in [-0.05, 0) is 12.8 Å². The van der Waals surface area contributed by atoms with Crippen molar-refractivity contribution in [2.45, 2.75) is 420 Å². The monoisotopic (exact) mass is 1290 g/mol. The molecule has 17 atom stereocenters. The van der Waals surface area contributed by atoms with Crippen LogP contribution in [-0.2, 0) is 33.2 Å². The maximum atomic E-state index is 13.4. The Morgan fingerprint density at radius 1 is 0.356 bits per heavy atom. The molecule has 0 radical (unpaired) electrons. The summed E-state index contributed by atoms with van der Waals surface area (Å²) in [6, 6.07) is -0.881. The average molecular weight is 1290 g/mol. The van der Waals surface area contributed by atoms with E-state index >= 15 is 0 Å². The van der Waals surface area contributed by atoms with Gasteiger partial charge >= 0.3 is 0 Å². The summed E-state index contributed by atoms with van der Waals surface area (Å²) in [5, 5.41) is 121. The minimum Gasteiger partial charge on any atom is -0.394 e. The van der Waals surface area contributed by atoms with E-state index in [1.807, 2.05) is 0 Å². The van der Waals surface area contributed by atoms with Crippen molar-refractivity contribution in [3.05, 3.63) is 0 Å². The third-order valence-corrected chi connectivity index (χ3v) is 19.2. The maximum Gasteiger partial charge on any atom is 0.220 e. The molecule has 0 aliphatic carbocycles. The fraction of sp³-hybridized carbons (Fsp3) is 0.986. The molecule has 1 amide bonds. The highest BCUT2D eigenvalue weighted by Gasteiger charge is 2.53. The second-order valence-electron chi connectivity index (χ2n) is 27.1. The molecule has 19 nitrogen and oxygen atoms in total. The summed E-state index contributed by atoms with van der Waals surface area (Å²) in [5.41, 5.74) is 0. The average Bonchev–Trinajstić information content (AvgIpc) is 0.852. The number of hydrogen-bond donors (Lipinski definition) is 12. The number of carbonyl (C=O) groups is 1. The van der Waals surface area contributed by atoms with Crippen LogP contribution in [-0.4, -0.2) is 193 Å². The van der Waals surface area contributed by atoms with Gasteiger partial charge in [0, 0.05) is 6.42 Å². The van der Waals surface area contributed by atoms with E-state index in [0.29, 0.717) is 12.8 Å². The van der Waals surface area contributed by atoms with E-state index in [1.54, 1.807) is 0 Å². The number of rotatable bonds is 59. The predicted molar refractivity (Wildman–Crippen MR) is 351 cm³/mol. The molecular weight excluding hydrogens is 1150 g/mol. The molecule has 3 heterocycles. The number of unbranched alkanes of at least 4 members (excludes halogenated alkanes) is 43. The Morgan fingerprint density at radius 3 is 0.967 bits per heavy atom. The highest BCUT2D eigenvalue weighted by molar-refractivity contribution is 5.76. The molecule has 17 unspecified atom stereocenters. The van der Waals surface area contributed by atoms with Crippen LogP contribution >= 0.6 is 0 Å². The highest BCUT2D eigenvalue weighted by Crippen LogP contribution is 2.33. The van der Waals surface area contributed by atoms with Gasteiger partial charge < -0.3 is 89.9 Å². The van der Waals surface area contributed by atoms with E-state index in [1.165, 1.54) is 238 Å². The predicted octanol–water partition coefficient (Wildman–Crippen LogP) is 10.7. The fourth-order valence-electron chi connectivity index (χ4n) is 13.1. The molecule has 0 bridgehead atoms. The van der Waals surface area contributed by atoms with E-state index in [-0.39, 0.29) is 18.9 Å². The van der Waals surface area contributed by atoms with Crippen LogP contribution in [0, 0.1) is 0 Å². The number of aliphatic hydroxyl groups is 11. The summed E-state index contributed by atoms with van der Waals surface area (Å²) >= 11 is 0. The van der Waals surface area contributed by atoms with Gasteiger partial charge in [0.25, 0.3) is 0 Å². The van der Waals surface area contributed by atoms with Crippen LogP contribution in [0.4, 0.5) is 0 Å². The van der Waals surface area contributed by atoms with Crippen LogP contribution in [0.2, 0.25) is 0 Å². The lowest BCUT2D eigenvalue weighted by atomic mass is 9.96. The van der Waals surface area contributed by atoms with Gasteiger partial charge in [0.05, 0.1) is 38.6 Å². The molecule has 534 valence electrons. The third-order valence-electron chi connectivity index (χ3n) is 19.2. The Bertz CT molecular complexity index is 1640. The molecule has 0 aromatic rings. The minimum absolute atomic E-state index is 0.235. The SMILES string of the molecule is CCCCCCCCCCCCCCCCCCCCCCCCCCCCCCCCC(=O)NC(COC1OC(CO)C(OC2OC(CO)C(OC3OC(CO)C(O)C(O)C3O)C(O)C2O)C(O)C1O)C(O)CCCCCCCCCCCCCCCCC. The van der Waals surface area contributed by atoms with Gasteiger partial charge in [-0.2, -0.15) is 0 Å². The molecule has 0 aromatic carbocycles. The Hall–Kier alpha value is -1.21. The van der Waals surface area contributed by atoms with E-state index in [0.717, 1.165) is 44.9 Å². The third kappa shape index (κ3) is 35.2. The summed E-state index contributed by atoms with van der Waals surface area (Å²) in [6.45, 7) is 1.85. The zero-order valence-electron chi connectivity index (χ0n) is 56.7. The second-order valence-corrected chi connectivity index (χ2v) is 27.1. The molecule has 0 aromatic heterocycles. The molecule has 90 heavy (non-hydrogen) atoms. The Balaban J connectivity index is 1.36. The zero-order chi connectivity index (χ0) is 65.4. The van der Waals surface area contributed by atoms with Gasteiger partial charge in [0.1, 0.15) is 73.2 Å². The van der Waals surface area contributed by atoms with Crippen LogP contribution in [0.5, 0.6) is 0 Å². The van der Waals surface area contributed by atoms with Crippen molar-refractivity contribution in [1.29, 1.82) is 0 Å². The normalized spacial score (nSPS) is 27.9. The van der Waals surface area contributed by atoms with Gasteiger partial charge in [0.2, 0.25) is 5.91 Å². The summed E-state index contributed by atoms with van der Waals surface area (Å²) in [5.74, 6) is -0.235. The zero-order valence-corrected chi connectivity index (χ0v) is 56.7. The standard InChI is InChI=1S/C71H137NO18/c1-3-5-7-9-11-13-15-17-19-20-21-22-23-24-25-26-27-28-29-30-31-32-33-35-37-39-41-43-45-47-49-59(77)72-54(55(76)48-46-44-42-40-38-36-34-18-16-14-12-10-8-6-4-2)53-85-69-65(83)62(80)67(57(51-74)87-69)90-71-66(84)63(81)68(58(52-75)88-71)89-70-64(82)61(79)60(78)56(50-73)86-70/h54-58,60-71,73-76,78-84H,3-53H2,1-2H3,(H,72,77). The molecule has 19 heteroatoms. The van der Waals surface area contributed by atoms with Crippen molar-refractivity contribution in [3.8, 4) is 0 Å². The Kier molecular flexibility index (Phi) is 49.7. The molecule has 3 rings (SSSR count). The van der Waals surface area contributed by atoms with E-state index in [4.69, 9.17) is 28.4 Å². The quantitative estimate of drug-likeness (QED) is 0.0252. The van der Waals surface area contributed by atoms with E-state index < -0.39 is 124 Å². The molecule has 3 aliphatic rings. The van der Waals surface area contributed by atoms with Crippen molar-refractivity contribution in [2.24, 2.45) is 0 Å². The number of hydrogen-bond acceptors (Lipinski definition) is 18. The fourth-order valence-corrected chi connectivity index (χ4v) is 13.1. The molecule has 3 aliphatic heterocycles. The van der Waals surface area contributed by atoms with Crippen molar-refractivity contribution < 1.29 is 89.4 Å². The number of carbonyl (C=O) groups excluding carboxylic acids is 1. The van der Waals surface area contributed by atoms with Crippen LogP contribution in [0.15, 0.2) is 0 Å². The lowest BCUT2D eigenvalue weighted by Gasteiger charge is -2.48. The Labute approximate surface area is 544 Å². The smallest absolute Gasteiger partial charge is 0.220 e. The van der Waals surface area contributed by atoms with Crippen LogP contribution < -0.4 is 5.32 Å². The van der Waals surface area contributed by atoms with Gasteiger partial charge in [0.15, 0.2) is 18.9 Å². The number of ether oxygens (including phenoxy) is 6. The first-order chi connectivity index (χ1) is 43.8. The van der Waals surface area contributed by atoms with Gasteiger partial charge in [-0.25, -0.2) is 0 Å². The Morgan fingerprint density at radius 2 is 0.633 bits per heavy atom.